The predicted octanol–water partition coefficient (Wildman–Crippen LogP) is 3.90. The first kappa shape index (κ1) is 14.6. The van der Waals surface area contributed by atoms with Crippen LogP contribution in [0.2, 0.25) is 0 Å². The molecular weight excluding hydrogens is 258 g/mol. The Labute approximate surface area is 127 Å². The van der Waals surface area contributed by atoms with Crippen molar-refractivity contribution in [3.8, 4) is 0 Å². The van der Waals surface area contributed by atoms with Crippen LogP contribution in [-0.2, 0) is 13.0 Å². The first-order valence-electron chi connectivity index (χ1n) is 8.49. The van der Waals surface area contributed by atoms with Crippen molar-refractivity contribution in [3.05, 3.63) is 30.0 Å². The molecule has 0 bridgehead atoms. The molecule has 0 amide bonds. The fourth-order valence-electron chi connectivity index (χ4n) is 3.72. The van der Waals surface area contributed by atoms with E-state index < -0.39 is 0 Å². The molecule has 1 saturated carbocycles. The third-order valence-electron chi connectivity index (χ3n) is 4.97. The minimum Gasteiger partial charge on any atom is -0.327 e. The second-order valence-electron chi connectivity index (χ2n) is 6.40. The summed E-state index contributed by atoms with van der Waals surface area (Å²) in [7, 11) is 0. The molecule has 2 aromatic rings. The van der Waals surface area contributed by atoms with E-state index in [4.69, 9.17) is 10.8 Å². The van der Waals surface area contributed by atoms with Gasteiger partial charge in [-0.3, -0.25) is 4.68 Å². The fraction of sp³-hybridized carbons (Fsp3) is 0.611. The Hall–Kier alpha value is -1.35. The van der Waals surface area contributed by atoms with Gasteiger partial charge < -0.3 is 5.73 Å². The van der Waals surface area contributed by atoms with Gasteiger partial charge in [0.15, 0.2) is 0 Å². The average molecular weight is 285 g/mol. The number of hydrogen-bond donors (Lipinski definition) is 1. The lowest BCUT2D eigenvalue weighted by Gasteiger charge is -2.21. The molecule has 0 radical (unpaired) electrons. The maximum absolute atomic E-state index is 6.54. The largest absolute Gasteiger partial charge is 0.327 e. The Morgan fingerprint density at radius 2 is 1.90 bits per heavy atom. The van der Waals surface area contributed by atoms with Crippen molar-refractivity contribution in [1.29, 1.82) is 0 Å². The van der Waals surface area contributed by atoms with Crippen LogP contribution in [0.15, 0.2) is 24.3 Å². The molecule has 3 rings (SSSR count). The number of hydrogen-bond acceptors (Lipinski definition) is 2. The molecule has 114 valence electrons. The highest BCUT2D eigenvalue weighted by atomic mass is 15.3. The Morgan fingerprint density at radius 1 is 1.19 bits per heavy atom. The molecule has 1 aromatic heterocycles. The monoisotopic (exact) mass is 285 g/mol. The number of aryl methyl sites for hydroxylation is 1. The van der Waals surface area contributed by atoms with Crippen LogP contribution in [0.1, 0.15) is 51.1 Å². The third kappa shape index (κ3) is 3.13. The summed E-state index contributed by atoms with van der Waals surface area (Å²) in [6, 6.07) is 8.79. The summed E-state index contributed by atoms with van der Waals surface area (Å²) in [6.45, 7) is 3.06. The molecule has 1 atom stereocenters. The summed E-state index contributed by atoms with van der Waals surface area (Å²) in [5, 5.41) is 6.08. The van der Waals surface area contributed by atoms with Gasteiger partial charge in [-0.15, -0.1) is 0 Å². The maximum atomic E-state index is 6.54. The van der Waals surface area contributed by atoms with Crippen molar-refractivity contribution >= 4 is 10.9 Å². The molecule has 0 aliphatic heterocycles. The molecule has 0 spiro atoms. The van der Waals surface area contributed by atoms with Gasteiger partial charge >= 0.3 is 0 Å². The molecule has 3 heteroatoms. The SMILES string of the molecule is CCn1nc(CC(N)C2CCCCCC2)c2ccccc21. The lowest BCUT2D eigenvalue weighted by molar-refractivity contribution is 0.370. The highest BCUT2D eigenvalue weighted by molar-refractivity contribution is 5.82. The van der Waals surface area contributed by atoms with Crippen LogP contribution in [0.4, 0.5) is 0 Å². The summed E-state index contributed by atoms with van der Waals surface area (Å²) < 4.78 is 2.10. The first-order chi connectivity index (χ1) is 10.3. The average Bonchev–Trinajstić information content (AvgIpc) is 2.69. The van der Waals surface area contributed by atoms with Crippen molar-refractivity contribution in [1.82, 2.24) is 9.78 Å². The van der Waals surface area contributed by atoms with Crippen LogP contribution >= 0.6 is 0 Å². The van der Waals surface area contributed by atoms with Crippen molar-refractivity contribution in [2.75, 3.05) is 0 Å². The summed E-state index contributed by atoms with van der Waals surface area (Å²) in [5.41, 5.74) is 8.97. The van der Waals surface area contributed by atoms with Gasteiger partial charge in [0, 0.05) is 24.4 Å². The molecule has 1 aliphatic rings. The molecule has 1 fully saturated rings. The lowest BCUT2D eigenvalue weighted by Crippen LogP contribution is -2.32. The highest BCUT2D eigenvalue weighted by Gasteiger charge is 2.22. The molecule has 2 N–H and O–H groups in total. The molecule has 1 aromatic carbocycles. The number of rotatable bonds is 4. The highest BCUT2D eigenvalue weighted by Crippen LogP contribution is 2.27. The number of para-hydroxylation sites is 1. The van der Waals surface area contributed by atoms with Crippen LogP contribution in [0.5, 0.6) is 0 Å². The molecule has 0 saturated heterocycles. The van der Waals surface area contributed by atoms with E-state index in [0.29, 0.717) is 5.92 Å². The number of nitrogens with two attached hydrogens (primary N) is 1. The summed E-state index contributed by atoms with van der Waals surface area (Å²) in [4.78, 5) is 0. The number of nitrogens with zero attached hydrogens (tertiary/aromatic N) is 2. The number of benzene rings is 1. The Balaban J connectivity index is 1.80. The van der Waals surface area contributed by atoms with E-state index in [2.05, 4.69) is 35.9 Å². The van der Waals surface area contributed by atoms with Gasteiger partial charge in [-0.2, -0.15) is 5.10 Å². The summed E-state index contributed by atoms with van der Waals surface area (Å²) in [5.74, 6) is 0.679. The minimum atomic E-state index is 0.256. The quantitative estimate of drug-likeness (QED) is 0.866. The molecule has 1 unspecified atom stereocenters. The van der Waals surface area contributed by atoms with Crippen LogP contribution in [0.3, 0.4) is 0 Å². The Morgan fingerprint density at radius 3 is 2.62 bits per heavy atom. The normalized spacial score (nSPS) is 18.8. The van der Waals surface area contributed by atoms with Gasteiger partial charge in [0.05, 0.1) is 11.2 Å². The minimum absolute atomic E-state index is 0.256. The zero-order valence-electron chi connectivity index (χ0n) is 13.1. The Kier molecular flexibility index (Phi) is 4.59. The van der Waals surface area contributed by atoms with Crippen LogP contribution in [-0.4, -0.2) is 15.8 Å². The van der Waals surface area contributed by atoms with Crippen LogP contribution in [0.25, 0.3) is 10.9 Å². The zero-order chi connectivity index (χ0) is 14.7. The fourth-order valence-corrected chi connectivity index (χ4v) is 3.72. The van der Waals surface area contributed by atoms with E-state index in [9.17, 15) is 0 Å². The van der Waals surface area contributed by atoms with Crippen LogP contribution in [0, 0.1) is 5.92 Å². The predicted molar refractivity (Wildman–Crippen MR) is 88.3 cm³/mol. The van der Waals surface area contributed by atoms with Gasteiger partial charge in [-0.1, -0.05) is 43.9 Å². The van der Waals surface area contributed by atoms with Gasteiger partial charge in [-0.25, -0.2) is 0 Å². The molecule has 21 heavy (non-hydrogen) atoms. The van der Waals surface area contributed by atoms with E-state index in [1.54, 1.807) is 0 Å². The number of aromatic nitrogens is 2. The Bertz CT molecular complexity index is 579. The van der Waals surface area contributed by atoms with Crippen molar-refractivity contribution in [2.45, 2.75) is 64.5 Å². The van der Waals surface area contributed by atoms with E-state index in [1.807, 2.05) is 0 Å². The van der Waals surface area contributed by atoms with Gasteiger partial charge in [0.2, 0.25) is 0 Å². The summed E-state index contributed by atoms with van der Waals surface area (Å²) >= 11 is 0. The lowest BCUT2D eigenvalue weighted by atomic mass is 9.89. The van der Waals surface area contributed by atoms with Gasteiger partial charge in [0.25, 0.3) is 0 Å². The van der Waals surface area contributed by atoms with E-state index in [-0.39, 0.29) is 6.04 Å². The van der Waals surface area contributed by atoms with E-state index >= 15 is 0 Å². The second-order valence-corrected chi connectivity index (χ2v) is 6.40. The molecule has 3 nitrogen and oxygen atoms in total. The van der Waals surface area contributed by atoms with Crippen molar-refractivity contribution < 1.29 is 0 Å². The summed E-state index contributed by atoms with van der Waals surface area (Å²) in [6.07, 6.45) is 8.98. The zero-order valence-corrected chi connectivity index (χ0v) is 13.1. The number of fused-ring (bicyclic) bond motifs is 1. The maximum Gasteiger partial charge on any atom is 0.0718 e. The molecular formula is C18H27N3. The van der Waals surface area contributed by atoms with Crippen molar-refractivity contribution in [3.63, 3.8) is 0 Å². The van der Waals surface area contributed by atoms with Gasteiger partial charge in [0.1, 0.15) is 0 Å². The van der Waals surface area contributed by atoms with Crippen LogP contribution < -0.4 is 5.73 Å². The topological polar surface area (TPSA) is 43.8 Å². The van der Waals surface area contributed by atoms with Crippen molar-refractivity contribution in [2.24, 2.45) is 11.7 Å². The van der Waals surface area contributed by atoms with Gasteiger partial charge in [-0.05, 0) is 31.7 Å². The first-order valence-corrected chi connectivity index (χ1v) is 8.49. The smallest absolute Gasteiger partial charge is 0.0718 e. The molecule has 1 aliphatic carbocycles. The van der Waals surface area contributed by atoms with E-state index in [0.717, 1.165) is 13.0 Å². The standard InChI is InChI=1S/C18H27N3/c1-2-21-18-12-8-7-11-15(18)17(20-21)13-16(19)14-9-5-3-4-6-10-14/h7-8,11-12,14,16H,2-6,9-10,13,19H2,1H3. The van der Waals surface area contributed by atoms with E-state index in [1.165, 1.54) is 55.1 Å². The second kappa shape index (κ2) is 6.61. The molecule has 1 heterocycles. The third-order valence-corrected chi connectivity index (χ3v) is 4.97.